The fourth-order valence-electron chi connectivity index (χ4n) is 1.67. The van der Waals surface area contributed by atoms with Gasteiger partial charge in [-0.2, -0.15) is 16.6 Å². The molecule has 1 N–H and O–H groups in total. The van der Waals surface area contributed by atoms with Crippen molar-refractivity contribution in [2.24, 2.45) is 0 Å². The molecule has 0 saturated heterocycles. The number of benzene rings is 1. The van der Waals surface area contributed by atoms with Crippen LogP contribution < -0.4 is 5.32 Å². The van der Waals surface area contributed by atoms with Crippen LogP contribution in [0.2, 0.25) is 0 Å². The van der Waals surface area contributed by atoms with Crippen LogP contribution in [0.25, 0.3) is 0 Å². The highest BCUT2D eigenvalue weighted by Crippen LogP contribution is 2.23. The third-order valence-electron chi connectivity index (χ3n) is 2.96. The van der Waals surface area contributed by atoms with Gasteiger partial charge in [-0.3, -0.25) is 0 Å². The Morgan fingerprint density at radius 2 is 1.94 bits per heavy atom. The first-order chi connectivity index (χ1) is 8.62. The zero-order valence-electron chi connectivity index (χ0n) is 10.6. The van der Waals surface area contributed by atoms with E-state index in [1.165, 1.54) is 5.56 Å². The van der Waals surface area contributed by atoms with Crippen molar-refractivity contribution in [3.63, 3.8) is 0 Å². The number of nitrogens with one attached hydrogen (secondary N) is 1. The molecule has 0 atom stereocenters. The highest BCUT2D eigenvalue weighted by Gasteiger charge is 2.18. The molecule has 92 valence electrons. The number of hydrogen-bond donors (Lipinski definition) is 1. The van der Waals surface area contributed by atoms with E-state index in [0.717, 1.165) is 17.8 Å². The number of hydrogen-bond acceptors (Lipinski definition) is 3. The van der Waals surface area contributed by atoms with Crippen molar-refractivity contribution in [3.8, 4) is 6.07 Å². The standard InChI is InChI=1S/C15H16N2S/c1-15(2,11-16)13-3-5-14(6-4-13)17-9-12-7-8-18-10-12/h3-8,10,17H,9H2,1-2H3. The van der Waals surface area contributed by atoms with Crippen LogP contribution in [0.5, 0.6) is 0 Å². The van der Waals surface area contributed by atoms with E-state index in [4.69, 9.17) is 5.26 Å². The predicted molar refractivity (Wildman–Crippen MR) is 76.7 cm³/mol. The fraction of sp³-hybridized carbons (Fsp3) is 0.267. The van der Waals surface area contributed by atoms with E-state index >= 15 is 0 Å². The van der Waals surface area contributed by atoms with Gasteiger partial charge in [0.05, 0.1) is 11.5 Å². The molecule has 0 spiro atoms. The second-order valence-corrected chi connectivity index (χ2v) is 5.58. The summed E-state index contributed by atoms with van der Waals surface area (Å²) in [6.07, 6.45) is 0. The lowest BCUT2D eigenvalue weighted by Crippen LogP contribution is -2.13. The van der Waals surface area contributed by atoms with Gasteiger partial charge in [0, 0.05) is 12.2 Å². The van der Waals surface area contributed by atoms with Gasteiger partial charge in [0.2, 0.25) is 0 Å². The number of rotatable bonds is 4. The smallest absolute Gasteiger partial charge is 0.0766 e. The summed E-state index contributed by atoms with van der Waals surface area (Å²) in [5.41, 5.74) is 3.00. The van der Waals surface area contributed by atoms with Crippen LogP contribution in [0, 0.1) is 11.3 Å². The van der Waals surface area contributed by atoms with E-state index in [1.807, 2.05) is 38.1 Å². The van der Waals surface area contributed by atoms with Gasteiger partial charge in [0.1, 0.15) is 0 Å². The Hall–Kier alpha value is -1.79. The second kappa shape index (κ2) is 5.24. The molecular weight excluding hydrogens is 240 g/mol. The molecule has 0 fully saturated rings. The Kier molecular flexibility index (Phi) is 3.69. The summed E-state index contributed by atoms with van der Waals surface area (Å²) in [4.78, 5) is 0. The zero-order valence-corrected chi connectivity index (χ0v) is 11.4. The van der Waals surface area contributed by atoms with Gasteiger partial charge < -0.3 is 5.32 Å². The molecular formula is C15H16N2S. The van der Waals surface area contributed by atoms with E-state index in [0.29, 0.717) is 0 Å². The Balaban J connectivity index is 2.02. The minimum Gasteiger partial charge on any atom is -0.381 e. The molecule has 0 radical (unpaired) electrons. The second-order valence-electron chi connectivity index (χ2n) is 4.80. The molecule has 0 unspecified atom stereocenters. The summed E-state index contributed by atoms with van der Waals surface area (Å²) in [6, 6.07) is 12.5. The maximum Gasteiger partial charge on any atom is 0.0766 e. The van der Waals surface area contributed by atoms with E-state index in [-0.39, 0.29) is 0 Å². The zero-order chi connectivity index (χ0) is 13.0. The maximum atomic E-state index is 9.08. The molecule has 2 rings (SSSR count). The first-order valence-electron chi connectivity index (χ1n) is 5.88. The van der Waals surface area contributed by atoms with E-state index in [9.17, 15) is 0 Å². The normalized spacial score (nSPS) is 10.9. The van der Waals surface area contributed by atoms with Crippen molar-refractivity contribution in [2.45, 2.75) is 25.8 Å². The van der Waals surface area contributed by atoms with Gasteiger partial charge >= 0.3 is 0 Å². The molecule has 18 heavy (non-hydrogen) atoms. The molecule has 0 amide bonds. The summed E-state index contributed by atoms with van der Waals surface area (Å²) in [5, 5.41) is 16.7. The van der Waals surface area contributed by atoms with Gasteiger partial charge in [0.15, 0.2) is 0 Å². The molecule has 2 nitrogen and oxygen atoms in total. The lowest BCUT2D eigenvalue weighted by molar-refractivity contribution is 0.687. The quantitative estimate of drug-likeness (QED) is 0.891. The van der Waals surface area contributed by atoms with Crippen molar-refractivity contribution >= 4 is 17.0 Å². The Morgan fingerprint density at radius 3 is 2.50 bits per heavy atom. The molecule has 0 bridgehead atoms. The summed E-state index contributed by atoms with van der Waals surface area (Å²) < 4.78 is 0. The largest absolute Gasteiger partial charge is 0.381 e. The monoisotopic (exact) mass is 256 g/mol. The Morgan fingerprint density at radius 1 is 1.22 bits per heavy atom. The van der Waals surface area contributed by atoms with E-state index in [1.54, 1.807) is 11.3 Å². The topological polar surface area (TPSA) is 35.8 Å². The summed E-state index contributed by atoms with van der Waals surface area (Å²) in [5.74, 6) is 0. The van der Waals surface area contributed by atoms with Gasteiger partial charge in [-0.1, -0.05) is 12.1 Å². The average Bonchev–Trinajstić information content (AvgIpc) is 2.90. The molecule has 1 heterocycles. The minimum absolute atomic E-state index is 0.425. The third-order valence-corrected chi connectivity index (χ3v) is 3.69. The molecule has 0 saturated carbocycles. The van der Waals surface area contributed by atoms with Gasteiger partial charge in [-0.15, -0.1) is 0 Å². The van der Waals surface area contributed by atoms with Crippen molar-refractivity contribution < 1.29 is 0 Å². The van der Waals surface area contributed by atoms with Crippen molar-refractivity contribution in [3.05, 3.63) is 52.2 Å². The maximum absolute atomic E-state index is 9.08. The van der Waals surface area contributed by atoms with Crippen LogP contribution in [-0.2, 0) is 12.0 Å². The van der Waals surface area contributed by atoms with Crippen LogP contribution in [0.15, 0.2) is 41.1 Å². The van der Waals surface area contributed by atoms with Crippen LogP contribution in [-0.4, -0.2) is 0 Å². The summed E-state index contributed by atoms with van der Waals surface area (Å²) >= 11 is 1.71. The molecule has 1 aromatic carbocycles. The number of nitrogens with zero attached hydrogens (tertiary/aromatic N) is 1. The number of thiophene rings is 1. The van der Waals surface area contributed by atoms with Crippen molar-refractivity contribution in [1.82, 2.24) is 0 Å². The molecule has 0 aliphatic rings. The first-order valence-corrected chi connectivity index (χ1v) is 6.83. The fourth-order valence-corrected chi connectivity index (χ4v) is 2.34. The Labute approximate surface area is 112 Å². The van der Waals surface area contributed by atoms with E-state index < -0.39 is 5.41 Å². The van der Waals surface area contributed by atoms with E-state index in [2.05, 4.69) is 28.2 Å². The first kappa shape index (κ1) is 12.7. The molecule has 0 aliphatic carbocycles. The molecule has 3 heteroatoms. The Bertz CT molecular complexity index is 533. The molecule has 1 aromatic heterocycles. The predicted octanol–water partition coefficient (Wildman–Crippen LogP) is 4.16. The minimum atomic E-state index is -0.425. The summed E-state index contributed by atoms with van der Waals surface area (Å²) in [7, 11) is 0. The lowest BCUT2D eigenvalue weighted by atomic mass is 9.86. The highest BCUT2D eigenvalue weighted by molar-refractivity contribution is 7.07. The third kappa shape index (κ3) is 2.91. The van der Waals surface area contributed by atoms with Gasteiger partial charge in [-0.05, 0) is 53.9 Å². The number of nitriles is 1. The van der Waals surface area contributed by atoms with Gasteiger partial charge in [0.25, 0.3) is 0 Å². The van der Waals surface area contributed by atoms with Gasteiger partial charge in [-0.25, -0.2) is 0 Å². The average molecular weight is 256 g/mol. The van der Waals surface area contributed by atoms with Crippen LogP contribution in [0.3, 0.4) is 0 Å². The van der Waals surface area contributed by atoms with Crippen LogP contribution in [0.4, 0.5) is 5.69 Å². The van der Waals surface area contributed by atoms with Crippen molar-refractivity contribution in [1.29, 1.82) is 5.26 Å². The molecule has 0 aliphatic heterocycles. The lowest BCUT2D eigenvalue weighted by Gasteiger charge is -2.16. The van der Waals surface area contributed by atoms with Crippen molar-refractivity contribution in [2.75, 3.05) is 5.32 Å². The van der Waals surface area contributed by atoms with Crippen LogP contribution >= 0.6 is 11.3 Å². The molecule has 2 aromatic rings. The summed E-state index contributed by atoms with van der Waals surface area (Å²) in [6.45, 7) is 4.70. The highest BCUT2D eigenvalue weighted by atomic mass is 32.1. The SMILES string of the molecule is CC(C)(C#N)c1ccc(NCc2ccsc2)cc1. The van der Waals surface area contributed by atoms with Crippen LogP contribution in [0.1, 0.15) is 25.0 Å². The number of anilines is 1.